The molecule has 0 heterocycles. The van der Waals surface area contributed by atoms with Gasteiger partial charge in [-0.15, -0.1) is 0 Å². The summed E-state index contributed by atoms with van der Waals surface area (Å²) in [5.41, 5.74) is 2.11. The van der Waals surface area contributed by atoms with Crippen molar-refractivity contribution in [1.29, 1.82) is 0 Å². The van der Waals surface area contributed by atoms with Gasteiger partial charge in [0.15, 0.2) is 0 Å². The zero-order valence-electron chi connectivity index (χ0n) is 13.8. The van der Waals surface area contributed by atoms with Crippen molar-refractivity contribution in [3.8, 4) is 5.75 Å². The Kier molecular flexibility index (Phi) is 4.74. The lowest BCUT2D eigenvalue weighted by Gasteiger charge is -2.27. The van der Waals surface area contributed by atoms with Gasteiger partial charge in [-0.25, -0.2) is 0 Å². The molecular weight excluding hydrogens is 276 g/mol. The van der Waals surface area contributed by atoms with Crippen molar-refractivity contribution in [2.24, 2.45) is 0 Å². The molecule has 0 aromatic heterocycles. The van der Waals surface area contributed by atoms with Gasteiger partial charge in [0, 0.05) is 5.41 Å². The summed E-state index contributed by atoms with van der Waals surface area (Å²) in [5, 5.41) is 11.8. The second-order valence-corrected chi connectivity index (χ2v) is 6.22. The first kappa shape index (κ1) is 16.3. The number of benzene rings is 2. The number of phenols is 1. The number of hydrogen-bond donors (Lipinski definition) is 1. The van der Waals surface area contributed by atoms with Crippen LogP contribution in [0.4, 0.5) is 0 Å². The van der Waals surface area contributed by atoms with Crippen LogP contribution in [0.3, 0.4) is 0 Å². The third-order valence-corrected chi connectivity index (χ3v) is 4.09. The quantitative estimate of drug-likeness (QED) is 0.836. The lowest BCUT2D eigenvalue weighted by molar-refractivity contribution is -0.144. The van der Waals surface area contributed by atoms with E-state index in [1.165, 1.54) is 11.1 Å². The molecule has 0 aliphatic heterocycles. The Labute approximate surface area is 131 Å². The lowest BCUT2D eigenvalue weighted by Crippen LogP contribution is -2.24. The predicted molar refractivity (Wildman–Crippen MR) is 89.3 cm³/mol. The zero-order chi connectivity index (χ0) is 16.3. The van der Waals surface area contributed by atoms with E-state index in [2.05, 4.69) is 26.8 Å². The molecule has 0 spiro atoms. The van der Waals surface area contributed by atoms with Gasteiger partial charge in [0.2, 0.25) is 0 Å². The predicted octanol–water partition coefficient (Wildman–Crippen LogP) is 4.34. The molecule has 0 atom stereocenters. The number of fused-ring (bicyclic) bond motifs is 1. The molecule has 0 aliphatic carbocycles. The first-order valence-corrected chi connectivity index (χ1v) is 7.79. The number of aryl methyl sites for hydroxylation is 1. The molecule has 0 saturated heterocycles. The Morgan fingerprint density at radius 1 is 1.18 bits per heavy atom. The van der Waals surface area contributed by atoms with Crippen molar-refractivity contribution in [2.75, 3.05) is 6.61 Å². The van der Waals surface area contributed by atoms with Crippen molar-refractivity contribution >= 4 is 16.7 Å². The van der Waals surface area contributed by atoms with Crippen LogP contribution in [0.5, 0.6) is 5.75 Å². The van der Waals surface area contributed by atoms with Crippen molar-refractivity contribution in [3.05, 3.63) is 41.5 Å². The molecule has 2 rings (SSSR count). The first-order chi connectivity index (χ1) is 10.4. The van der Waals surface area contributed by atoms with Crippen LogP contribution >= 0.6 is 0 Å². The number of rotatable bonds is 5. The summed E-state index contributed by atoms with van der Waals surface area (Å²) in [6.45, 7) is 8.50. The van der Waals surface area contributed by atoms with Crippen LogP contribution in [-0.2, 0) is 21.4 Å². The molecule has 1 N–H and O–H groups in total. The largest absolute Gasteiger partial charge is 0.508 e. The molecule has 3 nitrogen and oxygen atoms in total. The van der Waals surface area contributed by atoms with Crippen LogP contribution in [0.25, 0.3) is 10.8 Å². The molecule has 0 amide bonds. The highest BCUT2D eigenvalue weighted by atomic mass is 16.5. The van der Waals surface area contributed by atoms with Gasteiger partial charge in [-0.3, -0.25) is 4.79 Å². The number of phenolic OH excluding ortho intramolecular Hbond substituents is 1. The number of aromatic hydroxyl groups is 1. The van der Waals surface area contributed by atoms with Crippen molar-refractivity contribution in [3.63, 3.8) is 0 Å². The lowest BCUT2D eigenvalue weighted by atomic mass is 9.77. The fraction of sp³-hybridized carbons (Fsp3) is 0.421. The van der Waals surface area contributed by atoms with Crippen LogP contribution < -0.4 is 0 Å². The van der Waals surface area contributed by atoms with Gasteiger partial charge in [0.1, 0.15) is 5.75 Å². The van der Waals surface area contributed by atoms with Crippen molar-refractivity contribution < 1.29 is 14.6 Å². The minimum atomic E-state index is -0.288. The van der Waals surface area contributed by atoms with Crippen LogP contribution in [0, 0.1) is 0 Å². The van der Waals surface area contributed by atoms with Gasteiger partial charge < -0.3 is 9.84 Å². The zero-order valence-corrected chi connectivity index (χ0v) is 13.8. The highest BCUT2D eigenvalue weighted by Crippen LogP contribution is 2.35. The molecule has 0 bridgehead atoms. The normalized spacial score (nSPS) is 11.6. The molecule has 0 saturated carbocycles. The van der Waals surface area contributed by atoms with Gasteiger partial charge in [-0.2, -0.15) is 0 Å². The van der Waals surface area contributed by atoms with Crippen molar-refractivity contribution in [2.45, 2.75) is 46.0 Å². The van der Waals surface area contributed by atoms with E-state index < -0.39 is 0 Å². The second-order valence-electron chi connectivity index (χ2n) is 6.22. The maximum absolute atomic E-state index is 11.9. The number of carbonyl (C=O) groups is 1. The number of hydrogen-bond acceptors (Lipinski definition) is 3. The Morgan fingerprint density at radius 3 is 2.55 bits per heavy atom. The van der Waals surface area contributed by atoms with Crippen molar-refractivity contribution in [1.82, 2.24) is 0 Å². The Morgan fingerprint density at radius 2 is 1.91 bits per heavy atom. The van der Waals surface area contributed by atoms with E-state index in [9.17, 15) is 9.90 Å². The third-order valence-electron chi connectivity index (χ3n) is 4.09. The summed E-state index contributed by atoms with van der Waals surface area (Å²) in [6, 6.07) is 9.52. The second kappa shape index (κ2) is 6.39. The standard InChI is InChI=1S/C19H24O3/c1-5-15-16-9-8-14(20)11-13(16)7-10-17(15)19(3,4)12-18(21)22-6-2/h7-11,20H,5-6,12H2,1-4H3. The molecule has 0 fully saturated rings. The average molecular weight is 300 g/mol. The van der Waals surface area contributed by atoms with Crippen LogP contribution in [0.1, 0.15) is 45.2 Å². The topological polar surface area (TPSA) is 46.5 Å². The number of esters is 1. The monoisotopic (exact) mass is 300 g/mol. The van der Waals surface area contributed by atoms with Gasteiger partial charge in [0.25, 0.3) is 0 Å². The number of ether oxygens (including phenoxy) is 1. The van der Waals surface area contributed by atoms with Gasteiger partial charge in [-0.05, 0) is 47.4 Å². The maximum Gasteiger partial charge on any atom is 0.306 e. The molecule has 22 heavy (non-hydrogen) atoms. The van der Waals surface area contributed by atoms with E-state index in [0.717, 1.165) is 17.2 Å². The minimum absolute atomic E-state index is 0.166. The summed E-state index contributed by atoms with van der Waals surface area (Å²) in [5.74, 6) is 0.105. The molecule has 118 valence electrons. The molecule has 0 unspecified atom stereocenters. The van der Waals surface area contributed by atoms with E-state index >= 15 is 0 Å². The SMILES string of the molecule is CCOC(=O)CC(C)(C)c1ccc2cc(O)ccc2c1CC. The Bertz CT molecular complexity index is 686. The molecule has 3 heteroatoms. The van der Waals surface area contributed by atoms with E-state index in [-0.39, 0.29) is 17.1 Å². The fourth-order valence-corrected chi connectivity index (χ4v) is 3.06. The van der Waals surface area contributed by atoms with Gasteiger partial charge in [0.05, 0.1) is 13.0 Å². The average Bonchev–Trinajstić information content (AvgIpc) is 2.45. The molecule has 0 aliphatic rings. The van der Waals surface area contributed by atoms with E-state index in [1.807, 2.05) is 19.1 Å². The third kappa shape index (κ3) is 3.24. The van der Waals surface area contributed by atoms with Crippen LogP contribution in [0.15, 0.2) is 30.3 Å². The van der Waals surface area contributed by atoms with E-state index in [0.29, 0.717) is 13.0 Å². The minimum Gasteiger partial charge on any atom is -0.508 e. The van der Waals surface area contributed by atoms with Crippen LogP contribution in [-0.4, -0.2) is 17.7 Å². The first-order valence-electron chi connectivity index (χ1n) is 7.79. The van der Waals surface area contributed by atoms with E-state index in [1.54, 1.807) is 12.1 Å². The Balaban J connectivity index is 2.50. The van der Waals surface area contributed by atoms with E-state index in [4.69, 9.17) is 4.74 Å². The van der Waals surface area contributed by atoms with Gasteiger partial charge >= 0.3 is 5.97 Å². The summed E-state index contributed by atoms with van der Waals surface area (Å²) >= 11 is 0. The number of carbonyl (C=O) groups excluding carboxylic acids is 1. The highest BCUT2D eigenvalue weighted by molar-refractivity contribution is 5.88. The molecule has 2 aromatic carbocycles. The Hall–Kier alpha value is -2.03. The smallest absolute Gasteiger partial charge is 0.306 e. The summed E-state index contributed by atoms with van der Waals surface area (Å²) < 4.78 is 5.10. The van der Waals surface area contributed by atoms with Crippen LogP contribution in [0.2, 0.25) is 0 Å². The summed E-state index contributed by atoms with van der Waals surface area (Å²) in [6.07, 6.45) is 1.24. The summed E-state index contributed by atoms with van der Waals surface area (Å²) in [7, 11) is 0. The van der Waals surface area contributed by atoms with Gasteiger partial charge in [-0.1, -0.05) is 39.0 Å². The molecule has 2 aromatic rings. The molecule has 0 radical (unpaired) electrons. The summed E-state index contributed by atoms with van der Waals surface area (Å²) in [4.78, 5) is 11.9. The fourth-order valence-electron chi connectivity index (χ4n) is 3.06. The maximum atomic E-state index is 11.9. The highest BCUT2D eigenvalue weighted by Gasteiger charge is 2.27. The molecular formula is C19H24O3.